The van der Waals surface area contributed by atoms with Crippen LogP contribution in [0.5, 0.6) is 0 Å². The van der Waals surface area contributed by atoms with Crippen molar-refractivity contribution in [2.45, 2.75) is 29.9 Å². The van der Waals surface area contributed by atoms with Gasteiger partial charge in [-0.2, -0.15) is 0 Å². The zero-order valence-corrected chi connectivity index (χ0v) is 12.2. The van der Waals surface area contributed by atoms with Gasteiger partial charge in [-0.1, -0.05) is 0 Å². The van der Waals surface area contributed by atoms with Crippen molar-refractivity contribution in [1.29, 1.82) is 0 Å². The molecule has 2 aliphatic heterocycles. The number of morpholine rings is 1. The van der Waals surface area contributed by atoms with E-state index in [1.54, 1.807) is 12.1 Å². The first-order chi connectivity index (χ1) is 9.49. The number of nitrogens with two attached hydrogens (primary N) is 1. The van der Waals surface area contributed by atoms with Crippen LogP contribution >= 0.6 is 0 Å². The van der Waals surface area contributed by atoms with Gasteiger partial charge >= 0.3 is 0 Å². The number of nitrogens with one attached hydrogen (secondary N) is 1. The van der Waals surface area contributed by atoms with Gasteiger partial charge in [-0.25, -0.2) is 13.1 Å². The Hall–Kier alpha value is -1.31. The molecule has 2 unspecified atom stereocenters. The Kier molecular flexibility index (Phi) is 3.35. The summed E-state index contributed by atoms with van der Waals surface area (Å²) in [5, 5.41) is 0. The van der Waals surface area contributed by atoms with Gasteiger partial charge in [-0.05, 0) is 38.1 Å². The minimum Gasteiger partial charge on any atom is -0.397 e. The normalized spacial score (nSPS) is 25.9. The van der Waals surface area contributed by atoms with Crippen LogP contribution in [0.4, 0.5) is 11.4 Å². The molecule has 0 amide bonds. The highest BCUT2D eigenvalue weighted by atomic mass is 32.2. The van der Waals surface area contributed by atoms with Crippen LogP contribution in [0.1, 0.15) is 12.8 Å². The van der Waals surface area contributed by atoms with E-state index >= 15 is 0 Å². The van der Waals surface area contributed by atoms with Crippen LogP contribution in [0.3, 0.4) is 0 Å². The summed E-state index contributed by atoms with van der Waals surface area (Å²) in [4.78, 5) is 2.38. The molecule has 0 spiro atoms. The monoisotopic (exact) mass is 297 g/mol. The minimum absolute atomic E-state index is 0.192. The maximum absolute atomic E-state index is 11.8. The van der Waals surface area contributed by atoms with Gasteiger partial charge < -0.3 is 15.4 Å². The van der Waals surface area contributed by atoms with Crippen LogP contribution < -0.4 is 15.4 Å². The molecule has 2 heterocycles. The van der Waals surface area contributed by atoms with E-state index in [0.717, 1.165) is 31.6 Å². The van der Waals surface area contributed by atoms with Crippen LogP contribution in [-0.4, -0.2) is 40.8 Å². The molecule has 2 fully saturated rings. The van der Waals surface area contributed by atoms with Gasteiger partial charge in [0.1, 0.15) is 0 Å². The summed E-state index contributed by atoms with van der Waals surface area (Å²) in [6.45, 7) is 1.64. The molecule has 2 atom stereocenters. The van der Waals surface area contributed by atoms with Crippen LogP contribution in [-0.2, 0) is 14.8 Å². The lowest BCUT2D eigenvalue weighted by atomic mass is 10.2. The summed E-state index contributed by atoms with van der Waals surface area (Å²) in [7, 11) is -2.06. The Balaban J connectivity index is 1.88. The van der Waals surface area contributed by atoms with Crippen molar-refractivity contribution >= 4 is 21.4 Å². The van der Waals surface area contributed by atoms with Crippen molar-refractivity contribution < 1.29 is 13.2 Å². The largest absolute Gasteiger partial charge is 0.397 e. The molecule has 6 nitrogen and oxygen atoms in total. The average Bonchev–Trinajstić information content (AvgIpc) is 2.77. The Morgan fingerprint density at radius 2 is 1.95 bits per heavy atom. The van der Waals surface area contributed by atoms with Gasteiger partial charge in [0.15, 0.2) is 0 Å². The lowest BCUT2D eigenvalue weighted by Crippen LogP contribution is -2.42. The number of fused-ring (bicyclic) bond motifs is 2. The second-order valence-electron chi connectivity index (χ2n) is 5.29. The first-order valence-corrected chi connectivity index (χ1v) is 8.21. The first-order valence-electron chi connectivity index (χ1n) is 6.73. The zero-order chi connectivity index (χ0) is 14.3. The number of anilines is 2. The van der Waals surface area contributed by atoms with Crippen molar-refractivity contribution in [1.82, 2.24) is 4.72 Å². The second-order valence-corrected chi connectivity index (χ2v) is 7.18. The van der Waals surface area contributed by atoms with E-state index in [1.165, 1.54) is 13.1 Å². The summed E-state index contributed by atoms with van der Waals surface area (Å²) in [6, 6.07) is 4.89. The van der Waals surface area contributed by atoms with E-state index in [1.807, 2.05) is 0 Å². The van der Waals surface area contributed by atoms with Crippen LogP contribution in [0.2, 0.25) is 0 Å². The lowest BCUT2D eigenvalue weighted by molar-refractivity contribution is 0.0305. The summed E-state index contributed by atoms with van der Waals surface area (Å²) in [6.07, 6.45) is 2.73. The number of ether oxygens (including phenoxy) is 1. The molecule has 2 saturated heterocycles. The number of hydrogen-bond donors (Lipinski definition) is 2. The average molecular weight is 297 g/mol. The molecule has 3 rings (SSSR count). The SMILES string of the molecule is CNS(=O)(=O)c1ccc(N2CC3CCC(C2)O3)c(N)c1. The van der Waals surface area contributed by atoms with E-state index in [9.17, 15) is 8.42 Å². The summed E-state index contributed by atoms with van der Waals surface area (Å²) < 4.78 is 31.6. The van der Waals surface area contributed by atoms with Gasteiger partial charge in [-0.15, -0.1) is 0 Å². The van der Waals surface area contributed by atoms with E-state index in [0.29, 0.717) is 5.69 Å². The Morgan fingerprint density at radius 1 is 1.30 bits per heavy atom. The van der Waals surface area contributed by atoms with Crippen molar-refractivity contribution in [2.75, 3.05) is 30.8 Å². The Morgan fingerprint density at radius 3 is 2.50 bits per heavy atom. The van der Waals surface area contributed by atoms with E-state index in [4.69, 9.17) is 10.5 Å². The molecule has 1 aromatic rings. The quantitative estimate of drug-likeness (QED) is 0.796. The molecule has 20 heavy (non-hydrogen) atoms. The number of benzene rings is 1. The molecule has 0 saturated carbocycles. The van der Waals surface area contributed by atoms with Crippen molar-refractivity contribution in [3.8, 4) is 0 Å². The predicted octanol–water partition coefficient (Wildman–Crippen LogP) is 0.544. The van der Waals surface area contributed by atoms with Gasteiger partial charge in [0.05, 0.1) is 28.5 Å². The summed E-state index contributed by atoms with van der Waals surface area (Å²) in [5.74, 6) is 0. The lowest BCUT2D eigenvalue weighted by Gasteiger charge is -2.34. The predicted molar refractivity (Wildman–Crippen MR) is 77.2 cm³/mol. The van der Waals surface area contributed by atoms with E-state index in [-0.39, 0.29) is 17.1 Å². The highest BCUT2D eigenvalue weighted by molar-refractivity contribution is 7.89. The number of nitrogen functional groups attached to an aromatic ring is 1. The second kappa shape index (κ2) is 4.91. The highest BCUT2D eigenvalue weighted by Gasteiger charge is 2.34. The van der Waals surface area contributed by atoms with Gasteiger partial charge in [0.25, 0.3) is 0 Å². The highest BCUT2D eigenvalue weighted by Crippen LogP contribution is 2.33. The Bertz CT molecular complexity index is 605. The molecule has 0 aliphatic carbocycles. The smallest absolute Gasteiger partial charge is 0.240 e. The molecule has 0 aromatic heterocycles. The molecular weight excluding hydrogens is 278 g/mol. The molecule has 110 valence electrons. The third-order valence-corrected chi connectivity index (χ3v) is 5.37. The number of nitrogens with zero attached hydrogens (tertiary/aromatic N) is 1. The third-order valence-electron chi connectivity index (χ3n) is 3.96. The van der Waals surface area contributed by atoms with Gasteiger partial charge in [0.2, 0.25) is 10.0 Å². The van der Waals surface area contributed by atoms with Crippen molar-refractivity contribution in [2.24, 2.45) is 0 Å². The zero-order valence-electron chi connectivity index (χ0n) is 11.4. The number of sulfonamides is 1. The van der Waals surface area contributed by atoms with E-state index in [2.05, 4.69) is 9.62 Å². The molecule has 2 aliphatic rings. The molecule has 1 aromatic carbocycles. The fourth-order valence-corrected chi connectivity index (χ4v) is 3.68. The van der Waals surface area contributed by atoms with Crippen molar-refractivity contribution in [3.05, 3.63) is 18.2 Å². The molecule has 2 bridgehead atoms. The fraction of sp³-hybridized carbons (Fsp3) is 0.538. The fourth-order valence-electron chi connectivity index (χ4n) is 2.92. The number of hydrogen-bond acceptors (Lipinski definition) is 5. The van der Waals surface area contributed by atoms with Crippen molar-refractivity contribution in [3.63, 3.8) is 0 Å². The summed E-state index contributed by atoms with van der Waals surface area (Å²) >= 11 is 0. The molecular formula is C13H19N3O3S. The van der Waals surface area contributed by atoms with Crippen LogP contribution in [0, 0.1) is 0 Å². The van der Waals surface area contributed by atoms with Crippen LogP contribution in [0.25, 0.3) is 0 Å². The molecule has 0 radical (unpaired) electrons. The van der Waals surface area contributed by atoms with Gasteiger partial charge in [-0.3, -0.25) is 0 Å². The van der Waals surface area contributed by atoms with Crippen LogP contribution in [0.15, 0.2) is 23.1 Å². The molecule has 3 N–H and O–H groups in total. The topological polar surface area (TPSA) is 84.7 Å². The maximum Gasteiger partial charge on any atom is 0.240 e. The third kappa shape index (κ3) is 2.36. The van der Waals surface area contributed by atoms with Gasteiger partial charge in [0, 0.05) is 13.1 Å². The minimum atomic E-state index is -3.45. The molecule has 7 heteroatoms. The first kappa shape index (κ1) is 13.7. The summed E-state index contributed by atoms with van der Waals surface area (Å²) in [5.41, 5.74) is 7.42. The maximum atomic E-state index is 11.8. The van der Waals surface area contributed by atoms with E-state index < -0.39 is 10.0 Å². The standard InChI is InChI=1S/C13H19N3O3S/c1-15-20(17,18)11-4-5-13(12(14)6-11)16-7-9-2-3-10(8-16)19-9/h4-6,9-10,15H,2-3,7-8,14H2,1H3. The number of rotatable bonds is 3. The Labute approximate surface area is 118 Å².